The van der Waals surface area contributed by atoms with E-state index in [2.05, 4.69) is 40.0 Å². The number of ether oxygens (including phenoxy) is 1. The Bertz CT molecular complexity index is 661. The summed E-state index contributed by atoms with van der Waals surface area (Å²) in [4.78, 5) is 11.6. The Hall–Kier alpha value is -1.78. The molecule has 23 heavy (non-hydrogen) atoms. The first-order valence-electron chi connectivity index (χ1n) is 8.48. The van der Waals surface area contributed by atoms with E-state index in [-0.39, 0.29) is 0 Å². The maximum atomic E-state index is 6.24. The topological polar surface area (TPSA) is 38.2 Å². The molecule has 3 heterocycles. The zero-order valence-corrected chi connectivity index (χ0v) is 13.6. The van der Waals surface area contributed by atoms with E-state index in [4.69, 9.17) is 4.74 Å². The largest absolute Gasteiger partial charge is 0.370 e. The highest BCUT2D eigenvalue weighted by atomic mass is 16.5. The molecule has 0 N–H and O–H groups in total. The molecule has 0 spiro atoms. The van der Waals surface area contributed by atoms with Gasteiger partial charge in [-0.15, -0.1) is 0 Å². The first-order chi connectivity index (χ1) is 11.3. The second-order valence-electron chi connectivity index (χ2n) is 6.70. The van der Waals surface area contributed by atoms with Crippen molar-refractivity contribution >= 4 is 0 Å². The van der Waals surface area contributed by atoms with Crippen molar-refractivity contribution in [1.82, 2.24) is 14.9 Å². The van der Waals surface area contributed by atoms with Crippen LogP contribution < -0.4 is 0 Å². The van der Waals surface area contributed by atoms with Gasteiger partial charge < -0.3 is 4.74 Å². The Morgan fingerprint density at radius 3 is 2.87 bits per heavy atom. The zero-order valence-electron chi connectivity index (χ0n) is 13.6. The average molecular weight is 309 g/mol. The molecule has 0 aromatic carbocycles. The second kappa shape index (κ2) is 6.38. The highest BCUT2D eigenvalue weighted by Crippen LogP contribution is 2.40. The van der Waals surface area contributed by atoms with Crippen LogP contribution in [-0.4, -0.2) is 33.6 Å². The van der Waals surface area contributed by atoms with E-state index in [1.165, 1.54) is 18.5 Å². The normalized spacial score (nSPS) is 26.7. The fourth-order valence-electron chi connectivity index (χ4n) is 4.04. The van der Waals surface area contributed by atoms with Crippen molar-refractivity contribution in [3.63, 3.8) is 0 Å². The predicted molar refractivity (Wildman–Crippen MR) is 88.7 cm³/mol. The smallest absolute Gasteiger partial charge is 0.0892 e. The van der Waals surface area contributed by atoms with Gasteiger partial charge in [0.2, 0.25) is 0 Å². The fourth-order valence-corrected chi connectivity index (χ4v) is 4.04. The molecule has 0 unspecified atom stereocenters. The van der Waals surface area contributed by atoms with Gasteiger partial charge in [-0.2, -0.15) is 0 Å². The van der Waals surface area contributed by atoms with Crippen molar-refractivity contribution in [2.45, 2.75) is 45.1 Å². The lowest BCUT2D eigenvalue weighted by Gasteiger charge is -2.26. The minimum atomic E-state index is 0.349. The van der Waals surface area contributed by atoms with Crippen molar-refractivity contribution in [2.75, 3.05) is 6.54 Å². The van der Waals surface area contributed by atoms with Gasteiger partial charge in [-0.05, 0) is 49.9 Å². The van der Waals surface area contributed by atoms with E-state index in [1.54, 1.807) is 0 Å². The van der Waals surface area contributed by atoms with Gasteiger partial charge in [-0.25, -0.2) is 0 Å². The summed E-state index contributed by atoms with van der Waals surface area (Å²) in [6.45, 7) is 4.74. The lowest BCUT2D eigenvalue weighted by Crippen LogP contribution is -2.35. The van der Waals surface area contributed by atoms with Crippen LogP contribution >= 0.6 is 0 Å². The average Bonchev–Trinajstić information content (AvgIpc) is 3.10. The van der Waals surface area contributed by atoms with Crippen LogP contribution in [0.5, 0.6) is 0 Å². The predicted octanol–water partition coefficient (Wildman–Crippen LogP) is 2.96. The molecule has 4 rings (SSSR count). The van der Waals surface area contributed by atoms with Gasteiger partial charge in [0.05, 0.1) is 24.1 Å². The lowest BCUT2D eigenvalue weighted by molar-refractivity contribution is 0.0137. The quantitative estimate of drug-likeness (QED) is 0.851. The van der Waals surface area contributed by atoms with Crippen LogP contribution in [0, 0.1) is 12.8 Å². The summed E-state index contributed by atoms with van der Waals surface area (Å²) in [7, 11) is 0. The molecule has 2 fully saturated rings. The summed E-state index contributed by atoms with van der Waals surface area (Å²) in [5, 5.41) is 0. The Labute approximate surface area is 137 Å². The number of aromatic nitrogens is 2. The van der Waals surface area contributed by atoms with Gasteiger partial charge in [-0.1, -0.05) is 12.1 Å². The first-order valence-corrected chi connectivity index (χ1v) is 8.48. The third-order valence-corrected chi connectivity index (χ3v) is 5.08. The van der Waals surface area contributed by atoms with Gasteiger partial charge in [0.15, 0.2) is 0 Å². The molecule has 4 nitrogen and oxygen atoms in total. The second-order valence-corrected chi connectivity index (χ2v) is 6.70. The van der Waals surface area contributed by atoms with E-state index in [1.807, 2.05) is 24.4 Å². The monoisotopic (exact) mass is 309 g/mol. The molecule has 2 aromatic rings. The molecule has 2 aromatic heterocycles. The van der Waals surface area contributed by atoms with Crippen molar-refractivity contribution in [3.05, 3.63) is 59.7 Å². The standard InChI is InChI=1S/C19H23N3O/c1-14-5-4-7-16(21-14)12-22-11-15-8-9-18(22)19(15)23-13-17-6-2-3-10-20-17/h2-7,10,15,18-19H,8-9,11-13H2,1H3/t15-,18+,19+/m1/s1. The Morgan fingerprint density at radius 2 is 2.04 bits per heavy atom. The number of fused-ring (bicyclic) bond motifs is 2. The van der Waals surface area contributed by atoms with Crippen LogP contribution in [0.15, 0.2) is 42.6 Å². The summed E-state index contributed by atoms with van der Waals surface area (Å²) < 4.78 is 6.24. The number of hydrogen-bond donors (Lipinski definition) is 0. The summed E-state index contributed by atoms with van der Waals surface area (Å²) in [5.74, 6) is 0.661. The summed E-state index contributed by atoms with van der Waals surface area (Å²) in [6.07, 6.45) is 4.71. The van der Waals surface area contributed by atoms with Crippen molar-refractivity contribution in [3.8, 4) is 0 Å². The number of aryl methyl sites for hydroxylation is 1. The molecular formula is C19H23N3O. The van der Waals surface area contributed by atoms with Crippen LogP contribution in [-0.2, 0) is 17.9 Å². The van der Waals surface area contributed by atoms with Crippen LogP contribution in [0.4, 0.5) is 0 Å². The highest BCUT2D eigenvalue weighted by Gasteiger charge is 2.47. The minimum Gasteiger partial charge on any atom is -0.370 e. The van der Waals surface area contributed by atoms with Crippen molar-refractivity contribution in [1.29, 1.82) is 0 Å². The number of nitrogens with zero attached hydrogens (tertiary/aromatic N) is 3. The first kappa shape index (κ1) is 14.8. The third kappa shape index (κ3) is 3.14. The van der Waals surface area contributed by atoms with Gasteiger partial charge >= 0.3 is 0 Å². The van der Waals surface area contributed by atoms with Crippen molar-refractivity contribution < 1.29 is 4.74 Å². The third-order valence-electron chi connectivity index (χ3n) is 5.08. The molecule has 3 atom stereocenters. The maximum absolute atomic E-state index is 6.24. The molecule has 1 saturated heterocycles. The van der Waals surface area contributed by atoms with Crippen LogP contribution in [0.2, 0.25) is 0 Å². The van der Waals surface area contributed by atoms with E-state index in [0.29, 0.717) is 24.7 Å². The van der Waals surface area contributed by atoms with Crippen molar-refractivity contribution in [2.24, 2.45) is 5.92 Å². The minimum absolute atomic E-state index is 0.349. The fraction of sp³-hybridized carbons (Fsp3) is 0.474. The van der Waals surface area contributed by atoms with E-state index < -0.39 is 0 Å². The van der Waals surface area contributed by atoms with Crippen LogP contribution in [0.1, 0.15) is 29.9 Å². The van der Waals surface area contributed by atoms with Crippen LogP contribution in [0.25, 0.3) is 0 Å². The number of rotatable bonds is 5. The van der Waals surface area contributed by atoms with E-state index in [0.717, 1.165) is 24.5 Å². The summed E-state index contributed by atoms with van der Waals surface area (Å²) in [5.41, 5.74) is 3.28. The SMILES string of the molecule is Cc1cccc(CN2C[C@H]3CC[C@H]2[C@H]3OCc2ccccn2)n1. The molecule has 2 aliphatic rings. The molecule has 1 saturated carbocycles. The zero-order chi connectivity index (χ0) is 15.6. The number of likely N-dealkylation sites (tertiary alicyclic amines) is 1. The highest BCUT2D eigenvalue weighted by molar-refractivity contribution is 5.12. The Morgan fingerprint density at radius 1 is 1.13 bits per heavy atom. The molecular weight excluding hydrogens is 286 g/mol. The maximum Gasteiger partial charge on any atom is 0.0892 e. The molecule has 120 valence electrons. The van der Waals surface area contributed by atoms with E-state index >= 15 is 0 Å². The molecule has 2 bridgehead atoms. The number of piperidine rings is 1. The summed E-state index contributed by atoms with van der Waals surface area (Å²) in [6, 6.07) is 12.8. The molecule has 4 heteroatoms. The molecule has 0 amide bonds. The van der Waals surface area contributed by atoms with Gasteiger partial charge in [0.25, 0.3) is 0 Å². The van der Waals surface area contributed by atoms with Gasteiger partial charge in [-0.3, -0.25) is 14.9 Å². The number of hydrogen-bond acceptors (Lipinski definition) is 4. The lowest BCUT2D eigenvalue weighted by atomic mass is 10.1. The number of pyridine rings is 2. The molecule has 1 aliphatic carbocycles. The Kier molecular flexibility index (Phi) is 4.10. The molecule has 0 radical (unpaired) electrons. The van der Waals surface area contributed by atoms with Gasteiger partial charge in [0.1, 0.15) is 0 Å². The molecule has 1 aliphatic heterocycles. The van der Waals surface area contributed by atoms with Gasteiger partial charge in [0, 0.05) is 31.0 Å². The van der Waals surface area contributed by atoms with Crippen LogP contribution in [0.3, 0.4) is 0 Å². The Balaban J connectivity index is 1.39. The summed E-state index contributed by atoms with van der Waals surface area (Å²) >= 11 is 0. The van der Waals surface area contributed by atoms with E-state index in [9.17, 15) is 0 Å².